The second-order valence-corrected chi connectivity index (χ2v) is 7.94. The van der Waals surface area contributed by atoms with Crippen molar-refractivity contribution in [1.82, 2.24) is 4.31 Å². The van der Waals surface area contributed by atoms with Crippen LogP contribution in [0.15, 0.2) is 23.1 Å². The number of nitrogens with zero attached hydrogens (tertiary/aromatic N) is 1. The van der Waals surface area contributed by atoms with Crippen LogP contribution in [-0.4, -0.2) is 31.9 Å². The average molecular weight is 308 g/mol. The van der Waals surface area contributed by atoms with Crippen LogP contribution in [0.3, 0.4) is 0 Å². The fourth-order valence-electron chi connectivity index (χ4n) is 3.49. The van der Waals surface area contributed by atoms with Crippen molar-refractivity contribution < 1.29 is 8.42 Å². The quantitative estimate of drug-likeness (QED) is 0.930. The highest BCUT2D eigenvalue weighted by Crippen LogP contribution is 2.31. The second kappa shape index (κ2) is 5.97. The molecule has 0 aromatic heterocycles. The normalized spacial score (nSPS) is 22.8. The maximum atomic E-state index is 13.0. The van der Waals surface area contributed by atoms with Crippen LogP contribution in [0.25, 0.3) is 0 Å². The molecule has 1 fully saturated rings. The SMILES string of the molecule is CCCC1CCCCN1S(=O)(=O)c1ccc2c(c1)CCN2. The molecule has 2 aliphatic heterocycles. The van der Waals surface area contributed by atoms with Gasteiger partial charge in [0.15, 0.2) is 0 Å². The molecule has 116 valence electrons. The van der Waals surface area contributed by atoms with Crippen LogP contribution in [0.5, 0.6) is 0 Å². The number of fused-ring (bicyclic) bond motifs is 1. The summed E-state index contributed by atoms with van der Waals surface area (Å²) in [5.41, 5.74) is 2.21. The number of hydrogen-bond acceptors (Lipinski definition) is 3. The number of anilines is 1. The van der Waals surface area contributed by atoms with Crippen molar-refractivity contribution in [2.75, 3.05) is 18.4 Å². The van der Waals surface area contributed by atoms with Crippen LogP contribution in [0.1, 0.15) is 44.6 Å². The van der Waals surface area contributed by atoms with Gasteiger partial charge in [0.25, 0.3) is 0 Å². The van der Waals surface area contributed by atoms with E-state index in [1.165, 1.54) is 0 Å². The van der Waals surface area contributed by atoms with Gasteiger partial charge in [-0.05, 0) is 49.4 Å². The molecule has 2 heterocycles. The first-order valence-electron chi connectivity index (χ1n) is 8.01. The van der Waals surface area contributed by atoms with Gasteiger partial charge in [-0.25, -0.2) is 8.42 Å². The molecule has 5 heteroatoms. The number of piperidine rings is 1. The largest absolute Gasteiger partial charge is 0.384 e. The van der Waals surface area contributed by atoms with Crippen LogP contribution in [0.4, 0.5) is 5.69 Å². The lowest BCUT2D eigenvalue weighted by atomic mass is 10.0. The molecule has 0 radical (unpaired) electrons. The summed E-state index contributed by atoms with van der Waals surface area (Å²) in [6, 6.07) is 5.71. The summed E-state index contributed by atoms with van der Waals surface area (Å²) in [6.45, 7) is 3.70. The Morgan fingerprint density at radius 1 is 1.33 bits per heavy atom. The summed E-state index contributed by atoms with van der Waals surface area (Å²) >= 11 is 0. The molecule has 3 rings (SSSR count). The van der Waals surface area contributed by atoms with Gasteiger partial charge in [-0.3, -0.25) is 0 Å². The van der Waals surface area contributed by atoms with Crippen LogP contribution >= 0.6 is 0 Å². The minimum Gasteiger partial charge on any atom is -0.384 e. The lowest BCUT2D eigenvalue weighted by molar-refractivity contribution is 0.239. The predicted octanol–water partition coefficient (Wildman–Crippen LogP) is 3.00. The lowest BCUT2D eigenvalue weighted by Crippen LogP contribution is -2.43. The van der Waals surface area contributed by atoms with Crippen molar-refractivity contribution in [1.29, 1.82) is 0 Å². The fraction of sp³-hybridized carbons (Fsp3) is 0.625. The van der Waals surface area contributed by atoms with Gasteiger partial charge in [0.2, 0.25) is 10.0 Å². The third-order valence-corrected chi connectivity index (χ3v) is 6.54. The minimum atomic E-state index is -3.35. The Kier molecular flexibility index (Phi) is 4.22. The molecule has 4 nitrogen and oxygen atoms in total. The smallest absolute Gasteiger partial charge is 0.243 e. The van der Waals surface area contributed by atoms with Crippen molar-refractivity contribution in [2.24, 2.45) is 0 Å². The predicted molar refractivity (Wildman–Crippen MR) is 85.1 cm³/mol. The Morgan fingerprint density at radius 3 is 3.00 bits per heavy atom. The van der Waals surface area contributed by atoms with E-state index in [0.717, 1.165) is 56.3 Å². The van der Waals surface area contributed by atoms with Gasteiger partial charge in [-0.1, -0.05) is 19.8 Å². The summed E-state index contributed by atoms with van der Waals surface area (Å²) in [6.07, 6.45) is 6.03. The lowest BCUT2D eigenvalue weighted by Gasteiger charge is -2.34. The van der Waals surface area contributed by atoms with Crippen LogP contribution < -0.4 is 5.32 Å². The molecular weight excluding hydrogens is 284 g/mol. The molecule has 0 saturated carbocycles. The van der Waals surface area contributed by atoms with Crippen LogP contribution in [0.2, 0.25) is 0 Å². The topological polar surface area (TPSA) is 49.4 Å². The van der Waals surface area contributed by atoms with Gasteiger partial charge in [-0.2, -0.15) is 4.31 Å². The Morgan fingerprint density at radius 2 is 2.19 bits per heavy atom. The first-order valence-corrected chi connectivity index (χ1v) is 9.45. The summed E-state index contributed by atoms with van der Waals surface area (Å²) in [4.78, 5) is 0.466. The van der Waals surface area contributed by atoms with E-state index in [1.807, 2.05) is 12.1 Å². The van der Waals surface area contributed by atoms with Gasteiger partial charge in [-0.15, -0.1) is 0 Å². The maximum absolute atomic E-state index is 13.0. The third-order valence-electron chi connectivity index (χ3n) is 4.59. The number of hydrogen-bond donors (Lipinski definition) is 1. The molecule has 21 heavy (non-hydrogen) atoms. The Hall–Kier alpha value is -1.07. The molecule has 1 aromatic rings. The van der Waals surface area contributed by atoms with Gasteiger partial charge < -0.3 is 5.32 Å². The minimum absolute atomic E-state index is 0.181. The van der Waals surface area contributed by atoms with Crippen molar-refractivity contribution in [3.05, 3.63) is 23.8 Å². The number of nitrogens with one attached hydrogen (secondary N) is 1. The van der Waals surface area contributed by atoms with E-state index in [4.69, 9.17) is 0 Å². The molecule has 1 saturated heterocycles. The molecule has 1 unspecified atom stereocenters. The van der Waals surface area contributed by atoms with Crippen LogP contribution in [-0.2, 0) is 16.4 Å². The molecule has 0 bridgehead atoms. The summed E-state index contributed by atoms with van der Waals surface area (Å²) in [5, 5.41) is 3.28. The molecule has 0 spiro atoms. The van der Waals surface area contributed by atoms with Crippen molar-refractivity contribution in [2.45, 2.75) is 56.4 Å². The van der Waals surface area contributed by atoms with Gasteiger partial charge in [0.1, 0.15) is 0 Å². The van der Waals surface area contributed by atoms with Crippen LogP contribution in [0, 0.1) is 0 Å². The number of sulfonamides is 1. The van der Waals surface area contributed by atoms with Gasteiger partial charge >= 0.3 is 0 Å². The van der Waals surface area contributed by atoms with Crippen molar-refractivity contribution in [3.8, 4) is 0 Å². The standard InChI is InChI=1S/C16H24N2O2S/c1-2-5-14-6-3-4-11-18(14)21(19,20)15-7-8-16-13(12-15)9-10-17-16/h7-8,12,14,17H,2-6,9-11H2,1H3. The van der Waals surface area contributed by atoms with Gasteiger partial charge in [0, 0.05) is 24.8 Å². The molecule has 1 N–H and O–H groups in total. The van der Waals surface area contributed by atoms with E-state index in [-0.39, 0.29) is 6.04 Å². The molecule has 1 aromatic carbocycles. The van der Waals surface area contributed by atoms with E-state index < -0.39 is 10.0 Å². The maximum Gasteiger partial charge on any atom is 0.243 e. The Labute approximate surface area is 127 Å². The van der Waals surface area contributed by atoms with Crippen molar-refractivity contribution >= 4 is 15.7 Å². The molecule has 0 amide bonds. The van der Waals surface area contributed by atoms with E-state index in [0.29, 0.717) is 11.4 Å². The summed E-state index contributed by atoms with van der Waals surface area (Å²) in [7, 11) is -3.35. The van der Waals surface area contributed by atoms with E-state index in [2.05, 4.69) is 12.2 Å². The zero-order chi connectivity index (χ0) is 14.9. The zero-order valence-corrected chi connectivity index (χ0v) is 13.5. The molecule has 0 aliphatic carbocycles. The monoisotopic (exact) mass is 308 g/mol. The molecule has 2 aliphatic rings. The van der Waals surface area contributed by atoms with E-state index in [9.17, 15) is 8.42 Å². The first-order chi connectivity index (χ1) is 10.1. The highest BCUT2D eigenvalue weighted by atomic mass is 32.2. The van der Waals surface area contributed by atoms with Gasteiger partial charge in [0.05, 0.1) is 4.90 Å². The van der Waals surface area contributed by atoms with E-state index >= 15 is 0 Å². The highest BCUT2D eigenvalue weighted by Gasteiger charge is 2.33. The molecule has 1 atom stereocenters. The Bertz CT molecular complexity index is 611. The zero-order valence-electron chi connectivity index (χ0n) is 12.6. The summed E-state index contributed by atoms with van der Waals surface area (Å²) in [5.74, 6) is 0. The Balaban J connectivity index is 1.91. The van der Waals surface area contributed by atoms with Crippen molar-refractivity contribution in [3.63, 3.8) is 0 Å². The average Bonchev–Trinajstić information content (AvgIpc) is 2.95. The van der Waals surface area contributed by atoms with E-state index in [1.54, 1.807) is 10.4 Å². The molecular formula is C16H24N2O2S. The fourth-order valence-corrected chi connectivity index (χ4v) is 5.26. The highest BCUT2D eigenvalue weighted by molar-refractivity contribution is 7.89. The first kappa shape index (κ1) is 14.9. The number of benzene rings is 1. The number of rotatable bonds is 4. The second-order valence-electron chi connectivity index (χ2n) is 6.05. The third kappa shape index (κ3) is 2.81. The summed E-state index contributed by atoms with van der Waals surface area (Å²) < 4.78 is 27.7.